The van der Waals surface area contributed by atoms with Crippen molar-refractivity contribution < 1.29 is 59.0 Å². The molecule has 3 rings (SSSR count). The van der Waals surface area contributed by atoms with E-state index >= 15 is 0 Å². The molecule has 2 aliphatic heterocycles. The van der Waals surface area contributed by atoms with Crippen LogP contribution in [0.15, 0.2) is 21.8 Å². The van der Waals surface area contributed by atoms with Gasteiger partial charge < -0.3 is 32.0 Å². The average Bonchev–Trinajstić information content (AvgIpc) is 3.20. The minimum atomic E-state index is -1.10. The molecule has 17 heteroatoms. The summed E-state index contributed by atoms with van der Waals surface area (Å²) in [4.78, 5) is 54.2. The number of likely N-dealkylation sites (N-methyl/N-ethyl adjacent to an activating group) is 1. The number of thiocarbonyl (C=S) groups is 1. The van der Waals surface area contributed by atoms with Crippen LogP contribution < -0.4 is 51.4 Å². The molecule has 3 heterocycles. The molecule has 0 saturated carbocycles. The normalized spacial score (nSPS) is 19.5. The van der Waals surface area contributed by atoms with Crippen LogP contribution in [-0.4, -0.2) is 85.1 Å². The monoisotopic (exact) mass is 535 g/mol. The maximum Gasteiger partial charge on any atom is 1.00 e. The smallest absolute Gasteiger partial charge is 0.863 e. The Hall–Kier alpha value is -2.24. The van der Waals surface area contributed by atoms with Crippen molar-refractivity contribution in [1.82, 2.24) is 20.1 Å². The predicted octanol–water partition coefficient (Wildman–Crippen LogP) is -5.42. The van der Waals surface area contributed by atoms with Gasteiger partial charge in [-0.2, -0.15) is 0 Å². The summed E-state index contributed by atoms with van der Waals surface area (Å²) in [5, 5.41) is 27.0. The van der Waals surface area contributed by atoms with Crippen LogP contribution in [-0.2, 0) is 19.2 Å². The molecule has 4 amide bonds. The zero-order chi connectivity index (χ0) is 24.4. The van der Waals surface area contributed by atoms with Crippen LogP contribution in [0.5, 0.6) is 0 Å². The summed E-state index contributed by atoms with van der Waals surface area (Å²) >= 11 is 7.14. The number of nitrogens with one attached hydrogen (secondary N) is 1. The second-order valence-corrected chi connectivity index (χ2v) is 9.33. The standard InChI is InChI=1S/C17H19N7O6S3.Na/c1-23(14(28)11(18)25)3-2-6-4-32-15-9(13(27)24(15)10(6)16(29)31)21-12(26)8(22-30)7-5-33-17(19)20-7;/h5,9,15,30H,2-4H2,1H3,(H2,18,25)(H2,19,20)(H,21,26)(H,29,31);/q;+1/p-1/b22-8-;/t9?,15-;/m1./s1. The summed E-state index contributed by atoms with van der Waals surface area (Å²) in [5.74, 6) is -3.08. The SMILES string of the molecule is CN(CCC1=C(C([O-])=S)N2C(=O)C(NC(=O)/C(=N\O)c3csc(N)n3)[C@H]2SC1)C(=O)C(N)=O.[Na+]. The van der Waals surface area contributed by atoms with Gasteiger partial charge in [-0.1, -0.05) is 17.4 Å². The third-order valence-corrected chi connectivity index (χ3v) is 7.12. The Morgan fingerprint density at radius 3 is 2.68 bits per heavy atom. The van der Waals surface area contributed by atoms with Crippen molar-refractivity contribution >= 4 is 74.8 Å². The van der Waals surface area contributed by atoms with E-state index in [2.05, 4.69) is 15.5 Å². The van der Waals surface area contributed by atoms with Gasteiger partial charge in [-0.15, -0.1) is 23.1 Å². The fourth-order valence-corrected chi connectivity index (χ4v) is 5.45. The number of nitrogens with two attached hydrogens (primary N) is 2. The van der Waals surface area contributed by atoms with Gasteiger partial charge >= 0.3 is 41.4 Å². The minimum Gasteiger partial charge on any atom is -0.863 e. The van der Waals surface area contributed by atoms with Gasteiger partial charge in [0.05, 0.1) is 0 Å². The maximum atomic E-state index is 12.8. The summed E-state index contributed by atoms with van der Waals surface area (Å²) in [6.07, 6.45) is 0.195. The Balaban J connectivity index is 0.00000408. The van der Waals surface area contributed by atoms with E-state index in [0.717, 1.165) is 16.2 Å². The first-order valence-electron chi connectivity index (χ1n) is 9.24. The van der Waals surface area contributed by atoms with Crippen molar-refractivity contribution in [3.8, 4) is 0 Å². The molecule has 1 aromatic heterocycles. The first-order chi connectivity index (χ1) is 15.6. The summed E-state index contributed by atoms with van der Waals surface area (Å²) in [6.45, 7) is 0.0870. The molecule has 13 nitrogen and oxygen atoms in total. The zero-order valence-electron chi connectivity index (χ0n) is 18.0. The first kappa shape index (κ1) is 28.0. The number of carbonyl (C=O) groups excluding carboxylic acids is 4. The second kappa shape index (κ2) is 11.5. The fraction of sp³-hybridized carbons (Fsp3) is 0.353. The molecule has 0 bridgehead atoms. The van der Waals surface area contributed by atoms with Crippen molar-refractivity contribution in [2.24, 2.45) is 10.9 Å². The summed E-state index contributed by atoms with van der Waals surface area (Å²) in [5.41, 5.74) is 10.7. The molecular weight excluding hydrogens is 517 g/mol. The predicted molar refractivity (Wildman–Crippen MR) is 121 cm³/mol. The van der Waals surface area contributed by atoms with Gasteiger partial charge in [0.25, 0.3) is 11.8 Å². The van der Waals surface area contributed by atoms with Gasteiger partial charge in [-0.3, -0.25) is 24.1 Å². The number of nitrogen functional groups attached to an aromatic ring is 1. The number of amides is 4. The van der Waals surface area contributed by atoms with Crippen LogP contribution in [0.4, 0.5) is 5.13 Å². The van der Waals surface area contributed by atoms with Crippen molar-refractivity contribution in [3.05, 3.63) is 22.3 Å². The Morgan fingerprint density at radius 2 is 2.15 bits per heavy atom. The number of thioether (sulfide) groups is 1. The maximum absolute atomic E-state index is 12.8. The van der Waals surface area contributed by atoms with E-state index in [1.807, 2.05) is 0 Å². The molecule has 1 unspecified atom stereocenters. The molecule has 0 aromatic carbocycles. The number of primary amides is 1. The van der Waals surface area contributed by atoms with Crippen LogP contribution in [0.1, 0.15) is 12.1 Å². The van der Waals surface area contributed by atoms with Gasteiger partial charge in [0.1, 0.15) is 17.1 Å². The number of oxime groups is 1. The summed E-state index contributed by atoms with van der Waals surface area (Å²) in [6, 6.07) is -0.986. The van der Waals surface area contributed by atoms with E-state index in [4.69, 9.17) is 23.7 Å². The number of rotatable bonds is 7. The number of anilines is 1. The Kier molecular flexibility index (Phi) is 9.44. The Labute approximate surface area is 228 Å². The van der Waals surface area contributed by atoms with Crippen LogP contribution in [0.25, 0.3) is 0 Å². The van der Waals surface area contributed by atoms with Gasteiger partial charge in [0.2, 0.25) is 0 Å². The van der Waals surface area contributed by atoms with E-state index in [9.17, 15) is 29.5 Å². The molecule has 0 radical (unpaired) electrons. The molecule has 1 fully saturated rings. The molecule has 1 saturated heterocycles. The Bertz CT molecular complexity index is 1110. The number of hydrogen-bond donors (Lipinski definition) is 4. The number of β-lactam (4-membered cyclic amide) rings is 1. The number of hydrogen-bond acceptors (Lipinski definition) is 12. The molecular formula is C17H18N7NaO6S3. The molecule has 176 valence electrons. The Morgan fingerprint density at radius 1 is 1.47 bits per heavy atom. The third-order valence-electron chi connectivity index (χ3n) is 4.91. The van der Waals surface area contributed by atoms with Crippen LogP contribution >= 0.6 is 35.3 Å². The number of aromatic nitrogens is 1. The average molecular weight is 536 g/mol. The number of carbonyl (C=O) groups is 4. The molecule has 2 aliphatic rings. The minimum absolute atomic E-state index is 0. The zero-order valence-corrected chi connectivity index (χ0v) is 22.5. The molecule has 34 heavy (non-hydrogen) atoms. The van der Waals surface area contributed by atoms with Crippen molar-refractivity contribution in [2.45, 2.75) is 17.8 Å². The van der Waals surface area contributed by atoms with Crippen molar-refractivity contribution in [1.29, 1.82) is 0 Å². The topological polar surface area (TPSA) is 207 Å². The third kappa shape index (κ3) is 5.52. The summed E-state index contributed by atoms with van der Waals surface area (Å²) in [7, 11) is 1.39. The molecule has 0 spiro atoms. The quantitative estimate of drug-likeness (QED) is 0.0495. The van der Waals surface area contributed by atoms with Crippen molar-refractivity contribution in [3.63, 3.8) is 0 Å². The van der Waals surface area contributed by atoms with Crippen molar-refractivity contribution in [2.75, 3.05) is 25.1 Å². The van der Waals surface area contributed by atoms with Crippen LogP contribution in [0.3, 0.4) is 0 Å². The van der Waals surface area contributed by atoms with E-state index in [-0.39, 0.29) is 59.0 Å². The van der Waals surface area contributed by atoms with Crippen LogP contribution in [0, 0.1) is 0 Å². The van der Waals surface area contributed by atoms with Gasteiger partial charge in [0, 0.05) is 30.4 Å². The molecule has 2 atom stereocenters. The van der Waals surface area contributed by atoms with E-state index in [0.29, 0.717) is 11.3 Å². The van der Waals surface area contributed by atoms with E-state index in [1.165, 1.54) is 29.1 Å². The molecule has 0 aliphatic carbocycles. The summed E-state index contributed by atoms with van der Waals surface area (Å²) < 4.78 is 0. The number of fused-ring (bicyclic) bond motifs is 1. The van der Waals surface area contributed by atoms with E-state index in [1.54, 1.807) is 0 Å². The van der Waals surface area contributed by atoms with Gasteiger partial charge in [-0.25, -0.2) is 4.98 Å². The largest absolute Gasteiger partial charge is 1.00 e. The first-order valence-corrected chi connectivity index (χ1v) is 11.6. The van der Waals surface area contributed by atoms with Gasteiger partial charge in [-0.05, 0) is 17.0 Å². The van der Waals surface area contributed by atoms with Crippen LogP contribution in [0.2, 0.25) is 0 Å². The molecule has 1 aromatic rings. The molecule has 6 N–H and O–H groups in total. The second-order valence-electron chi connectivity index (χ2n) is 6.96. The van der Waals surface area contributed by atoms with Gasteiger partial charge in [0.15, 0.2) is 10.8 Å². The fourth-order valence-electron chi connectivity index (χ4n) is 3.27. The number of nitrogens with zero attached hydrogens (tertiary/aromatic N) is 4. The van der Waals surface area contributed by atoms with E-state index < -0.39 is 45.8 Å². The number of thiazole rings is 1.